The fourth-order valence-corrected chi connectivity index (χ4v) is 3.04. The zero-order valence-electron chi connectivity index (χ0n) is 9.90. The van der Waals surface area contributed by atoms with Gasteiger partial charge >= 0.3 is 17.1 Å². The van der Waals surface area contributed by atoms with Crippen molar-refractivity contribution in [3.8, 4) is 0 Å². The molecule has 2 aliphatic rings. The van der Waals surface area contributed by atoms with Crippen LogP contribution in [0, 0.1) is 24.0 Å². The van der Waals surface area contributed by atoms with Crippen LogP contribution in [-0.4, -0.2) is 5.11 Å². The molecule has 2 atom stereocenters. The minimum atomic E-state index is 0. The molecule has 2 nitrogen and oxygen atoms in total. The van der Waals surface area contributed by atoms with Crippen molar-refractivity contribution < 1.29 is 22.2 Å². The fourth-order valence-electron chi connectivity index (χ4n) is 3.04. The maximum Gasteiger partial charge on any atom is 2.00 e. The Labute approximate surface area is 110 Å². The monoisotopic (exact) mass is 265 g/mol. The van der Waals surface area contributed by atoms with Crippen molar-refractivity contribution in [1.29, 1.82) is 0 Å². The van der Waals surface area contributed by atoms with Crippen molar-refractivity contribution >= 4 is 0 Å². The summed E-state index contributed by atoms with van der Waals surface area (Å²) in [7, 11) is 0. The zero-order valence-corrected chi connectivity index (χ0v) is 11.0. The molecule has 0 aromatic rings. The average molecular weight is 265 g/mol. The second-order valence-corrected chi connectivity index (χ2v) is 5.19. The largest absolute Gasteiger partial charge is 2.00 e. The maximum atomic E-state index is 9.85. The van der Waals surface area contributed by atoms with Gasteiger partial charge in [0.2, 0.25) is 0 Å². The van der Waals surface area contributed by atoms with E-state index in [-0.39, 0.29) is 17.1 Å². The SMILES string of the molecule is N[C-]1CCCCC1CC1CCCC[C-]1O.[Fe+2]. The van der Waals surface area contributed by atoms with Crippen LogP contribution in [0.15, 0.2) is 0 Å². The van der Waals surface area contributed by atoms with Crippen LogP contribution >= 0.6 is 0 Å². The summed E-state index contributed by atoms with van der Waals surface area (Å²) in [6, 6.07) is 1.19. The summed E-state index contributed by atoms with van der Waals surface area (Å²) in [5, 5.41) is 9.85. The number of aliphatic hydroxyl groups is 1. The quantitative estimate of drug-likeness (QED) is 0.595. The Bertz CT molecular complexity index is 180. The molecule has 3 heteroatoms. The molecule has 0 aliphatic heterocycles. The average Bonchev–Trinajstić information content (AvgIpc) is 2.24. The van der Waals surface area contributed by atoms with Gasteiger partial charge in [-0.2, -0.15) is 24.9 Å². The van der Waals surface area contributed by atoms with Gasteiger partial charge in [-0.1, -0.05) is 44.9 Å². The van der Waals surface area contributed by atoms with Gasteiger partial charge < -0.3 is 10.8 Å². The van der Waals surface area contributed by atoms with Crippen LogP contribution in [0.25, 0.3) is 0 Å². The molecule has 0 saturated heterocycles. The van der Waals surface area contributed by atoms with Crippen LogP contribution in [0.2, 0.25) is 0 Å². The van der Waals surface area contributed by atoms with E-state index in [0.29, 0.717) is 11.8 Å². The minimum Gasteiger partial charge on any atom is -0.563 e. The smallest absolute Gasteiger partial charge is 0.563 e. The van der Waals surface area contributed by atoms with E-state index < -0.39 is 0 Å². The van der Waals surface area contributed by atoms with Crippen LogP contribution < -0.4 is 5.73 Å². The van der Waals surface area contributed by atoms with E-state index in [1.807, 2.05) is 0 Å². The third kappa shape index (κ3) is 3.73. The Morgan fingerprint density at radius 3 is 2.25 bits per heavy atom. The van der Waals surface area contributed by atoms with Gasteiger partial charge in [0.25, 0.3) is 0 Å². The van der Waals surface area contributed by atoms with Crippen LogP contribution in [0.1, 0.15) is 57.8 Å². The summed E-state index contributed by atoms with van der Waals surface area (Å²) in [6.45, 7) is 0. The van der Waals surface area contributed by atoms with Crippen molar-refractivity contribution in [2.24, 2.45) is 17.6 Å². The molecule has 0 amide bonds. The van der Waals surface area contributed by atoms with Crippen molar-refractivity contribution in [2.75, 3.05) is 0 Å². The number of nitrogens with two attached hydrogens (primary N) is 1. The second-order valence-electron chi connectivity index (χ2n) is 5.19. The van der Waals surface area contributed by atoms with E-state index >= 15 is 0 Å². The van der Waals surface area contributed by atoms with Gasteiger partial charge in [0.15, 0.2) is 0 Å². The molecule has 0 aromatic carbocycles. The first kappa shape index (κ1) is 14.5. The summed E-state index contributed by atoms with van der Waals surface area (Å²) in [5.41, 5.74) is 6.07. The van der Waals surface area contributed by atoms with Crippen LogP contribution in [0.5, 0.6) is 0 Å². The first-order chi connectivity index (χ1) is 7.27. The summed E-state index contributed by atoms with van der Waals surface area (Å²) < 4.78 is 0. The van der Waals surface area contributed by atoms with Crippen molar-refractivity contribution in [2.45, 2.75) is 57.8 Å². The van der Waals surface area contributed by atoms with Crippen LogP contribution in [-0.2, 0) is 17.1 Å². The Kier molecular flexibility index (Phi) is 6.35. The van der Waals surface area contributed by atoms with Crippen molar-refractivity contribution in [3.63, 3.8) is 0 Å². The molecule has 3 N–H and O–H groups in total. The van der Waals surface area contributed by atoms with E-state index in [4.69, 9.17) is 5.73 Å². The normalized spacial score (nSPS) is 33.4. The standard InChI is InChI=1S/C13H23NO.Fe/c14-12-7-3-1-5-10(12)9-11-6-2-4-8-13(11)15;/h10-11,15H,1-9,14H2;/q-2;+2. The number of hydrogen-bond acceptors (Lipinski definition) is 2. The molecule has 0 radical (unpaired) electrons. The van der Waals surface area contributed by atoms with E-state index in [1.54, 1.807) is 0 Å². The zero-order chi connectivity index (χ0) is 10.7. The predicted molar refractivity (Wildman–Crippen MR) is 61.1 cm³/mol. The summed E-state index contributed by atoms with van der Waals surface area (Å²) in [6.07, 6.45) is 11.4. The molecular formula is C13H23FeNO. The fraction of sp³-hybridized carbons (Fsp3) is 0.846. The van der Waals surface area contributed by atoms with Crippen LogP contribution in [0.3, 0.4) is 0 Å². The van der Waals surface area contributed by atoms with Crippen molar-refractivity contribution in [3.05, 3.63) is 12.1 Å². The Morgan fingerprint density at radius 2 is 1.62 bits per heavy atom. The molecule has 2 aliphatic carbocycles. The third-order valence-electron chi connectivity index (χ3n) is 4.07. The molecular weight excluding hydrogens is 242 g/mol. The molecule has 0 spiro atoms. The number of hydrogen-bond donors (Lipinski definition) is 2. The predicted octanol–water partition coefficient (Wildman–Crippen LogP) is 3.15. The van der Waals surface area contributed by atoms with E-state index in [2.05, 4.69) is 0 Å². The van der Waals surface area contributed by atoms with Gasteiger partial charge in [-0.15, -0.1) is 5.92 Å². The van der Waals surface area contributed by atoms with Gasteiger partial charge in [-0.25, -0.2) is 0 Å². The molecule has 2 unspecified atom stereocenters. The van der Waals surface area contributed by atoms with Crippen LogP contribution in [0.4, 0.5) is 0 Å². The first-order valence-corrected chi connectivity index (χ1v) is 6.43. The Balaban J connectivity index is 0.00000128. The van der Waals surface area contributed by atoms with Gasteiger partial charge in [0.05, 0.1) is 0 Å². The van der Waals surface area contributed by atoms with Gasteiger partial charge in [0, 0.05) is 0 Å². The molecule has 0 heterocycles. The maximum absolute atomic E-state index is 9.85. The van der Waals surface area contributed by atoms with Gasteiger partial charge in [0.1, 0.15) is 0 Å². The summed E-state index contributed by atoms with van der Waals surface area (Å²) in [5.74, 6) is 1.03. The van der Waals surface area contributed by atoms with E-state index in [1.165, 1.54) is 44.6 Å². The second kappa shape index (κ2) is 7.00. The van der Waals surface area contributed by atoms with Crippen molar-refractivity contribution in [1.82, 2.24) is 0 Å². The van der Waals surface area contributed by atoms with Gasteiger partial charge in [-0.3, -0.25) is 6.04 Å². The minimum absolute atomic E-state index is 0. The number of aliphatic hydroxyl groups excluding tert-OH is 1. The van der Waals surface area contributed by atoms with E-state index in [9.17, 15) is 5.11 Å². The number of rotatable bonds is 2. The summed E-state index contributed by atoms with van der Waals surface area (Å²) in [4.78, 5) is 0. The Hall–Kier alpha value is 0.439. The molecule has 2 fully saturated rings. The summed E-state index contributed by atoms with van der Waals surface area (Å²) >= 11 is 0. The molecule has 2 saturated carbocycles. The molecule has 94 valence electrons. The molecule has 16 heavy (non-hydrogen) atoms. The van der Waals surface area contributed by atoms with Gasteiger partial charge in [-0.05, 0) is 0 Å². The third-order valence-corrected chi connectivity index (χ3v) is 4.07. The Morgan fingerprint density at radius 1 is 1.00 bits per heavy atom. The molecule has 2 rings (SSSR count). The molecule has 0 aromatic heterocycles. The van der Waals surface area contributed by atoms with E-state index in [0.717, 1.165) is 25.4 Å². The topological polar surface area (TPSA) is 46.2 Å². The first-order valence-electron chi connectivity index (χ1n) is 6.43. The molecule has 0 bridgehead atoms.